The van der Waals surface area contributed by atoms with Crippen LogP contribution in [0.1, 0.15) is 4.88 Å². The van der Waals surface area contributed by atoms with E-state index < -0.39 is 10.8 Å². The fraction of sp³-hybridized carbons (Fsp3) is 0.0526. The van der Waals surface area contributed by atoms with E-state index >= 15 is 0 Å². The van der Waals surface area contributed by atoms with Gasteiger partial charge in [-0.25, -0.2) is 5.43 Å². The van der Waals surface area contributed by atoms with E-state index in [9.17, 15) is 14.9 Å². The molecule has 1 heterocycles. The lowest BCUT2D eigenvalue weighted by atomic mass is 10.1. The van der Waals surface area contributed by atoms with E-state index in [2.05, 4.69) is 10.5 Å². The number of thiophene rings is 1. The minimum absolute atomic E-state index is 0.0186. The molecule has 1 aromatic heterocycles. The summed E-state index contributed by atoms with van der Waals surface area (Å²) in [6, 6.07) is 20.3. The largest absolute Gasteiger partial charge is 0.484 e. The molecule has 0 aliphatic carbocycles. The average Bonchev–Trinajstić information content (AvgIpc) is 3.17. The van der Waals surface area contributed by atoms with Gasteiger partial charge in [0.05, 0.1) is 16.0 Å². The number of ether oxygens (including phenoxy) is 1. The van der Waals surface area contributed by atoms with Crippen molar-refractivity contribution < 1.29 is 14.5 Å². The SMILES string of the molecule is O=C(COc1ccc(-c2ccccc2)cc1)NN=Cc1ccc([N+](=O)[O-])s1. The van der Waals surface area contributed by atoms with Crippen LogP contribution in [0.2, 0.25) is 0 Å². The molecule has 1 amide bonds. The van der Waals surface area contributed by atoms with Crippen LogP contribution in [0, 0.1) is 10.1 Å². The molecule has 0 aliphatic rings. The van der Waals surface area contributed by atoms with Crippen LogP contribution in [0.25, 0.3) is 11.1 Å². The van der Waals surface area contributed by atoms with Crippen molar-refractivity contribution in [2.24, 2.45) is 5.10 Å². The molecule has 3 rings (SSSR count). The predicted molar refractivity (Wildman–Crippen MR) is 104 cm³/mol. The molecule has 0 radical (unpaired) electrons. The highest BCUT2D eigenvalue weighted by Gasteiger charge is 2.08. The summed E-state index contributed by atoms with van der Waals surface area (Å²) in [6.07, 6.45) is 1.35. The maximum atomic E-state index is 11.8. The molecule has 0 fully saturated rings. The minimum atomic E-state index is -0.475. The summed E-state index contributed by atoms with van der Waals surface area (Å²) in [6.45, 7) is -0.188. The summed E-state index contributed by atoms with van der Waals surface area (Å²) in [7, 11) is 0. The van der Waals surface area contributed by atoms with E-state index in [1.807, 2.05) is 42.5 Å². The Balaban J connectivity index is 1.47. The van der Waals surface area contributed by atoms with Crippen LogP contribution in [-0.2, 0) is 4.79 Å². The number of nitrogens with one attached hydrogen (secondary N) is 1. The van der Waals surface area contributed by atoms with Crippen LogP contribution in [0.4, 0.5) is 5.00 Å². The number of benzene rings is 2. The molecule has 7 nitrogen and oxygen atoms in total. The first-order valence-corrected chi connectivity index (χ1v) is 8.78. The molecule has 27 heavy (non-hydrogen) atoms. The van der Waals surface area contributed by atoms with Crippen molar-refractivity contribution in [2.45, 2.75) is 0 Å². The number of hydrogen-bond donors (Lipinski definition) is 1. The van der Waals surface area contributed by atoms with Crippen LogP contribution in [0.5, 0.6) is 5.75 Å². The molecule has 1 N–H and O–H groups in total. The summed E-state index contributed by atoms with van der Waals surface area (Å²) in [5.74, 6) is 0.145. The van der Waals surface area contributed by atoms with Crippen molar-refractivity contribution >= 4 is 28.5 Å². The second-order valence-corrected chi connectivity index (χ2v) is 6.50. The fourth-order valence-electron chi connectivity index (χ4n) is 2.23. The van der Waals surface area contributed by atoms with E-state index in [0.29, 0.717) is 10.6 Å². The smallest absolute Gasteiger partial charge is 0.324 e. The Kier molecular flexibility index (Phi) is 5.91. The standard InChI is InChI=1S/C19H15N3O4S/c23-18(21-20-12-17-10-11-19(27-17)22(24)25)13-26-16-8-6-15(7-9-16)14-4-2-1-3-5-14/h1-12H,13H2,(H,21,23). The second-order valence-electron chi connectivity index (χ2n) is 5.41. The van der Waals surface area contributed by atoms with Gasteiger partial charge in [-0.3, -0.25) is 14.9 Å². The number of carbonyl (C=O) groups is 1. The van der Waals surface area contributed by atoms with Crippen molar-refractivity contribution in [3.8, 4) is 16.9 Å². The molecular formula is C19H15N3O4S. The first-order chi connectivity index (χ1) is 13.1. The molecule has 0 saturated carbocycles. The molecule has 0 atom stereocenters. The highest BCUT2D eigenvalue weighted by Crippen LogP contribution is 2.23. The van der Waals surface area contributed by atoms with Crippen LogP contribution < -0.4 is 10.2 Å². The zero-order valence-electron chi connectivity index (χ0n) is 14.1. The van der Waals surface area contributed by atoms with Gasteiger partial charge in [0.2, 0.25) is 0 Å². The lowest BCUT2D eigenvalue weighted by molar-refractivity contribution is -0.380. The molecule has 3 aromatic rings. The number of hydrogen-bond acceptors (Lipinski definition) is 6. The Hall–Kier alpha value is -3.52. The maximum Gasteiger partial charge on any atom is 0.324 e. The van der Waals surface area contributed by atoms with Crippen LogP contribution in [-0.4, -0.2) is 23.7 Å². The van der Waals surface area contributed by atoms with Crippen LogP contribution >= 0.6 is 11.3 Å². The second kappa shape index (κ2) is 8.72. The highest BCUT2D eigenvalue weighted by molar-refractivity contribution is 7.16. The third kappa shape index (κ3) is 5.23. The molecule has 8 heteroatoms. The zero-order valence-corrected chi connectivity index (χ0v) is 14.9. The molecule has 0 unspecified atom stereocenters. The molecule has 0 aliphatic heterocycles. The molecular weight excluding hydrogens is 366 g/mol. The number of amides is 1. The number of carbonyl (C=O) groups excluding carboxylic acids is 1. The Labute approximate surface area is 159 Å². The Morgan fingerprint density at radius 2 is 1.78 bits per heavy atom. The topological polar surface area (TPSA) is 93.8 Å². The maximum absolute atomic E-state index is 11.8. The number of hydrazone groups is 1. The van der Waals surface area contributed by atoms with E-state index in [0.717, 1.165) is 22.5 Å². The molecule has 0 bridgehead atoms. The molecule has 0 spiro atoms. The zero-order chi connectivity index (χ0) is 19.1. The Morgan fingerprint density at radius 3 is 2.44 bits per heavy atom. The number of rotatable bonds is 7. The predicted octanol–water partition coefficient (Wildman–Crippen LogP) is 3.85. The monoisotopic (exact) mass is 381 g/mol. The van der Waals surface area contributed by atoms with Crippen molar-refractivity contribution in [3.05, 3.63) is 81.7 Å². The van der Waals surface area contributed by atoms with Crippen molar-refractivity contribution in [1.29, 1.82) is 0 Å². The first kappa shape index (κ1) is 18.3. The van der Waals surface area contributed by atoms with E-state index in [-0.39, 0.29) is 11.6 Å². The third-order valence-electron chi connectivity index (χ3n) is 3.50. The van der Waals surface area contributed by atoms with Gasteiger partial charge < -0.3 is 4.74 Å². The normalized spacial score (nSPS) is 10.7. The summed E-state index contributed by atoms with van der Waals surface area (Å²) in [5, 5.41) is 14.4. The summed E-state index contributed by atoms with van der Waals surface area (Å²) in [5.41, 5.74) is 4.48. The lowest BCUT2D eigenvalue weighted by Crippen LogP contribution is -2.24. The number of nitro groups is 1. The van der Waals surface area contributed by atoms with Gasteiger partial charge in [0.25, 0.3) is 5.91 Å². The first-order valence-electron chi connectivity index (χ1n) is 7.96. The van der Waals surface area contributed by atoms with Gasteiger partial charge in [0, 0.05) is 6.07 Å². The van der Waals surface area contributed by atoms with E-state index in [4.69, 9.17) is 4.74 Å². The summed E-state index contributed by atoms with van der Waals surface area (Å²) in [4.78, 5) is 22.5. The molecule has 136 valence electrons. The summed E-state index contributed by atoms with van der Waals surface area (Å²) >= 11 is 0.971. The van der Waals surface area contributed by atoms with Crippen molar-refractivity contribution in [3.63, 3.8) is 0 Å². The van der Waals surface area contributed by atoms with Crippen molar-refractivity contribution in [1.82, 2.24) is 5.43 Å². The van der Waals surface area contributed by atoms with Crippen molar-refractivity contribution in [2.75, 3.05) is 6.61 Å². The highest BCUT2D eigenvalue weighted by atomic mass is 32.1. The van der Waals surface area contributed by atoms with Gasteiger partial charge in [-0.2, -0.15) is 5.10 Å². The van der Waals surface area contributed by atoms with E-state index in [1.54, 1.807) is 18.2 Å². The average molecular weight is 381 g/mol. The third-order valence-corrected chi connectivity index (χ3v) is 4.48. The van der Waals surface area contributed by atoms with Gasteiger partial charge in [-0.05, 0) is 29.3 Å². The molecule has 0 saturated heterocycles. The number of nitrogens with zero attached hydrogens (tertiary/aromatic N) is 2. The quantitative estimate of drug-likeness (QED) is 0.382. The van der Waals surface area contributed by atoms with Gasteiger partial charge >= 0.3 is 5.00 Å². The van der Waals surface area contributed by atoms with Gasteiger partial charge in [0.1, 0.15) is 5.75 Å². The fourth-order valence-corrected chi connectivity index (χ4v) is 2.93. The lowest BCUT2D eigenvalue weighted by Gasteiger charge is -2.06. The molecule has 2 aromatic carbocycles. The van der Waals surface area contributed by atoms with Gasteiger partial charge in [-0.1, -0.05) is 53.8 Å². The van der Waals surface area contributed by atoms with Crippen LogP contribution in [0.15, 0.2) is 71.8 Å². The Bertz CT molecular complexity index is 953. The summed E-state index contributed by atoms with van der Waals surface area (Å²) < 4.78 is 5.42. The van der Waals surface area contributed by atoms with E-state index in [1.165, 1.54) is 12.3 Å². The van der Waals surface area contributed by atoms with Crippen LogP contribution in [0.3, 0.4) is 0 Å². The minimum Gasteiger partial charge on any atom is -0.484 e. The van der Waals surface area contributed by atoms with Gasteiger partial charge in [0.15, 0.2) is 6.61 Å². The Morgan fingerprint density at radius 1 is 1.07 bits per heavy atom. The van der Waals surface area contributed by atoms with Gasteiger partial charge in [-0.15, -0.1) is 0 Å².